The van der Waals surface area contributed by atoms with E-state index in [1.807, 2.05) is 18.2 Å². The van der Waals surface area contributed by atoms with Gasteiger partial charge >= 0.3 is 0 Å². The Labute approximate surface area is 168 Å². The number of carbonyl (C=O) groups excluding carboxylic acids is 1. The van der Waals surface area contributed by atoms with E-state index in [0.29, 0.717) is 49.8 Å². The number of likely N-dealkylation sites (N-methyl/N-ethyl adjacent to an activating group) is 1. The minimum absolute atomic E-state index is 0.0858. The first-order chi connectivity index (χ1) is 13.4. The van der Waals surface area contributed by atoms with E-state index in [1.54, 1.807) is 6.07 Å². The van der Waals surface area contributed by atoms with Crippen LogP contribution in [0.15, 0.2) is 24.3 Å². The van der Waals surface area contributed by atoms with Gasteiger partial charge in [-0.15, -0.1) is 0 Å². The van der Waals surface area contributed by atoms with E-state index >= 15 is 0 Å². The van der Waals surface area contributed by atoms with E-state index < -0.39 is 10.0 Å². The van der Waals surface area contributed by atoms with Crippen molar-refractivity contribution >= 4 is 15.9 Å². The van der Waals surface area contributed by atoms with Gasteiger partial charge in [0.25, 0.3) is 5.91 Å². The van der Waals surface area contributed by atoms with Gasteiger partial charge in [0.1, 0.15) is 11.9 Å². The number of ether oxygens (including phenoxy) is 1. The van der Waals surface area contributed by atoms with Crippen LogP contribution in [0.5, 0.6) is 5.75 Å². The van der Waals surface area contributed by atoms with Gasteiger partial charge in [-0.2, -0.15) is 0 Å². The topological polar surface area (TPSA) is 79.0 Å². The number of benzene rings is 1. The van der Waals surface area contributed by atoms with Crippen molar-refractivity contribution in [1.29, 1.82) is 0 Å². The first kappa shape index (κ1) is 21.1. The first-order valence-corrected chi connectivity index (χ1v) is 12.0. The number of hydrogen-bond acceptors (Lipinski definition) is 5. The molecule has 1 aromatic carbocycles. The minimum atomic E-state index is -3.16. The molecule has 156 valence electrons. The van der Waals surface area contributed by atoms with Crippen LogP contribution in [0, 0.1) is 0 Å². The summed E-state index contributed by atoms with van der Waals surface area (Å²) in [7, 11) is -3.16. The maximum atomic E-state index is 12.7. The largest absolute Gasteiger partial charge is 0.489 e. The van der Waals surface area contributed by atoms with Gasteiger partial charge in [-0.1, -0.05) is 19.1 Å². The number of hydrogen-bond donors (Lipinski definition) is 1. The summed E-state index contributed by atoms with van der Waals surface area (Å²) in [6.07, 6.45) is 4.69. The highest BCUT2D eigenvalue weighted by Crippen LogP contribution is 2.24. The lowest BCUT2D eigenvalue weighted by Crippen LogP contribution is -2.41. The van der Waals surface area contributed by atoms with E-state index in [1.165, 1.54) is 17.0 Å². The van der Waals surface area contributed by atoms with Gasteiger partial charge in [-0.25, -0.2) is 12.7 Å². The molecule has 0 aromatic heterocycles. The number of sulfonamides is 1. The molecule has 1 aromatic rings. The first-order valence-electron chi connectivity index (χ1n) is 10.1. The fraction of sp³-hybridized carbons (Fsp3) is 0.650. The predicted molar refractivity (Wildman–Crippen MR) is 109 cm³/mol. The Balaban J connectivity index is 1.58. The lowest BCUT2D eigenvalue weighted by Gasteiger charge is -2.30. The van der Waals surface area contributed by atoms with Crippen LogP contribution in [-0.2, 0) is 10.0 Å². The molecule has 0 radical (unpaired) electrons. The lowest BCUT2D eigenvalue weighted by molar-refractivity contribution is 0.0926. The van der Waals surface area contributed by atoms with Crippen LogP contribution in [0.1, 0.15) is 43.0 Å². The Morgan fingerprint density at radius 2 is 1.89 bits per heavy atom. The van der Waals surface area contributed by atoms with Crippen LogP contribution in [0.4, 0.5) is 0 Å². The summed E-state index contributed by atoms with van der Waals surface area (Å²) in [5.74, 6) is 0.448. The highest BCUT2D eigenvalue weighted by atomic mass is 32.2. The second kappa shape index (κ2) is 9.24. The third-order valence-corrected chi connectivity index (χ3v) is 7.00. The normalized spacial score (nSPS) is 22.3. The fourth-order valence-electron chi connectivity index (χ4n) is 4.07. The van der Waals surface area contributed by atoms with Gasteiger partial charge in [0.05, 0.1) is 11.8 Å². The number of rotatable bonds is 7. The van der Waals surface area contributed by atoms with E-state index in [0.717, 1.165) is 19.5 Å². The Hall–Kier alpha value is -1.64. The second-order valence-electron chi connectivity index (χ2n) is 7.61. The summed E-state index contributed by atoms with van der Waals surface area (Å²) < 4.78 is 30.9. The number of amides is 1. The standard InChI is InChI=1S/C20H31N3O4S/c1-3-22-12-6-7-16(22)15-21-20(24)18-8-4-5-9-19(18)27-17-10-13-23(14-11-17)28(2,25)26/h4-5,8-9,16-17H,3,6-7,10-15H2,1-2H3,(H,21,24). The van der Waals surface area contributed by atoms with Crippen molar-refractivity contribution < 1.29 is 17.9 Å². The molecule has 1 N–H and O–H groups in total. The molecule has 1 unspecified atom stereocenters. The summed E-state index contributed by atoms with van der Waals surface area (Å²) in [6, 6.07) is 7.69. The van der Waals surface area contributed by atoms with Crippen molar-refractivity contribution in [3.63, 3.8) is 0 Å². The molecular weight excluding hydrogens is 378 g/mol. The number of carbonyl (C=O) groups is 1. The number of nitrogens with zero attached hydrogens (tertiary/aromatic N) is 2. The smallest absolute Gasteiger partial charge is 0.255 e. The zero-order chi connectivity index (χ0) is 20.1. The SMILES string of the molecule is CCN1CCCC1CNC(=O)c1ccccc1OC1CCN(S(C)(=O)=O)CC1. The maximum Gasteiger partial charge on any atom is 0.255 e. The lowest BCUT2D eigenvalue weighted by atomic mass is 10.1. The van der Waals surface area contributed by atoms with E-state index in [4.69, 9.17) is 4.74 Å². The van der Waals surface area contributed by atoms with Crippen LogP contribution >= 0.6 is 0 Å². The molecule has 2 aliphatic heterocycles. The second-order valence-corrected chi connectivity index (χ2v) is 9.59. The van der Waals surface area contributed by atoms with E-state index in [-0.39, 0.29) is 12.0 Å². The third kappa shape index (κ3) is 5.24. The molecule has 3 rings (SSSR count). The maximum absolute atomic E-state index is 12.7. The molecule has 2 heterocycles. The number of likely N-dealkylation sites (tertiary alicyclic amines) is 1. The molecule has 0 bridgehead atoms. The number of para-hydroxylation sites is 1. The van der Waals surface area contributed by atoms with Crippen LogP contribution in [0.2, 0.25) is 0 Å². The summed E-state index contributed by atoms with van der Waals surface area (Å²) in [6.45, 7) is 5.81. The number of piperidine rings is 1. The highest BCUT2D eigenvalue weighted by molar-refractivity contribution is 7.88. The van der Waals surface area contributed by atoms with Crippen LogP contribution < -0.4 is 10.1 Å². The predicted octanol–water partition coefficient (Wildman–Crippen LogP) is 1.70. The monoisotopic (exact) mass is 409 g/mol. The molecule has 8 heteroatoms. The average molecular weight is 410 g/mol. The van der Waals surface area contributed by atoms with Gasteiger partial charge in [0.15, 0.2) is 0 Å². The fourth-order valence-corrected chi connectivity index (χ4v) is 4.94. The van der Waals surface area contributed by atoms with Gasteiger partial charge in [0.2, 0.25) is 10.0 Å². The van der Waals surface area contributed by atoms with Crippen molar-refractivity contribution in [2.24, 2.45) is 0 Å². The molecule has 1 atom stereocenters. The number of nitrogens with one attached hydrogen (secondary N) is 1. The zero-order valence-corrected chi connectivity index (χ0v) is 17.6. The zero-order valence-electron chi connectivity index (χ0n) is 16.8. The molecule has 2 saturated heterocycles. The Kier molecular flexibility index (Phi) is 6.95. The van der Waals surface area contributed by atoms with Crippen LogP contribution in [-0.4, -0.2) is 74.7 Å². The summed E-state index contributed by atoms with van der Waals surface area (Å²) in [5, 5.41) is 3.06. The molecule has 7 nitrogen and oxygen atoms in total. The minimum Gasteiger partial charge on any atom is -0.489 e. The van der Waals surface area contributed by atoms with Gasteiger partial charge in [-0.05, 0) is 50.9 Å². The molecule has 0 aliphatic carbocycles. The Morgan fingerprint density at radius 1 is 1.18 bits per heavy atom. The van der Waals surface area contributed by atoms with Crippen molar-refractivity contribution in [3.8, 4) is 5.75 Å². The molecular formula is C20H31N3O4S. The van der Waals surface area contributed by atoms with Crippen molar-refractivity contribution in [3.05, 3.63) is 29.8 Å². The van der Waals surface area contributed by atoms with Gasteiger partial charge in [0, 0.05) is 25.7 Å². The van der Waals surface area contributed by atoms with Crippen molar-refractivity contribution in [2.45, 2.75) is 44.8 Å². The van der Waals surface area contributed by atoms with E-state index in [9.17, 15) is 13.2 Å². The quantitative estimate of drug-likeness (QED) is 0.742. The van der Waals surface area contributed by atoms with Crippen LogP contribution in [0.3, 0.4) is 0 Å². The molecule has 28 heavy (non-hydrogen) atoms. The van der Waals surface area contributed by atoms with E-state index in [2.05, 4.69) is 17.1 Å². The van der Waals surface area contributed by atoms with Gasteiger partial charge in [-0.3, -0.25) is 9.69 Å². The third-order valence-electron chi connectivity index (χ3n) is 5.70. The molecule has 0 spiro atoms. The highest BCUT2D eigenvalue weighted by Gasteiger charge is 2.27. The Morgan fingerprint density at radius 3 is 2.57 bits per heavy atom. The molecule has 1 amide bonds. The van der Waals surface area contributed by atoms with Gasteiger partial charge < -0.3 is 10.1 Å². The Bertz CT molecular complexity index is 775. The summed E-state index contributed by atoms with van der Waals surface area (Å²) in [4.78, 5) is 15.1. The molecule has 0 saturated carbocycles. The summed E-state index contributed by atoms with van der Waals surface area (Å²) >= 11 is 0. The van der Waals surface area contributed by atoms with Crippen LogP contribution in [0.25, 0.3) is 0 Å². The average Bonchev–Trinajstić information content (AvgIpc) is 3.14. The molecule has 2 aliphatic rings. The van der Waals surface area contributed by atoms with Crippen molar-refractivity contribution in [2.75, 3.05) is 39.0 Å². The molecule has 2 fully saturated rings. The summed E-state index contributed by atoms with van der Waals surface area (Å²) in [5.41, 5.74) is 0.536. The van der Waals surface area contributed by atoms with Crippen molar-refractivity contribution in [1.82, 2.24) is 14.5 Å².